The summed E-state index contributed by atoms with van der Waals surface area (Å²) in [5, 5.41) is 2.61. The fourth-order valence-electron chi connectivity index (χ4n) is 1.15. The van der Waals surface area contributed by atoms with E-state index in [1.165, 1.54) is 6.07 Å². The molecule has 0 aliphatic carbocycles. The zero-order chi connectivity index (χ0) is 13.1. The van der Waals surface area contributed by atoms with E-state index in [4.69, 9.17) is 18.0 Å². The smallest absolute Gasteiger partial charge is 0.232 e. The Hall–Kier alpha value is -1.49. The summed E-state index contributed by atoms with van der Waals surface area (Å²) in [6.07, 6.45) is 0. The first-order valence-electron chi connectivity index (χ1n) is 5.17. The third-order valence-corrected chi connectivity index (χ3v) is 3.09. The van der Waals surface area contributed by atoms with Crippen molar-refractivity contribution in [1.82, 2.24) is 5.32 Å². The van der Waals surface area contributed by atoms with E-state index in [-0.39, 0.29) is 23.3 Å². The number of amides is 1. The van der Waals surface area contributed by atoms with Gasteiger partial charge in [-0.05, 0) is 19.9 Å². The molecule has 3 N–H and O–H groups in total. The van der Waals surface area contributed by atoms with Crippen LogP contribution in [-0.4, -0.2) is 10.9 Å². The Kier molecular flexibility index (Phi) is 4.17. The molecule has 0 heterocycles. The van der Waals surface area contributed by atoms with Crippen molar-refractivity contribution in [1.29, 1.82) is 0 Å². The molecule has 0 atom stereocenters. The molecular weight excluding hydrogens is 239 g/mol. The Bertz CT molecular complexity index is 446. The summed E-state index contributed by atoms with van der Waals surface area (Å²) >= 11 is 4.81. The fourth-order valence-corrected chi connectivity index (χ4v) is 1.24. The molecule has 0 bridgehead atoms. The standard InChI is InChI=1S/C12H15FN2OS/c1-12(2,10(14)17)11(16)15-7-8-5-3-4-6-9(8)13/h3-6H,7H2,1-2H3,(H2,14,17)(H,15,16). The number of thiocarbonyl (C=S) groups is 1. The van der Waals surface area contributed by atoms with E-state index in [0.717, 1.165) is 0 Å². The van der Waals surface area contributed by atoms with Crippen molar-refractivity contribution in [2.75, 3.05) is 0 Å². The molecular formula is C12H15FN2OS. The minimum absolute atomic E-state index is 0.114. The maximum Gasteiger partial charge on any atom is 0.232 e. The Labute approximate surface area is 105 Å². The summed E-state index contributed by atoms with van der Waals surface area (Å²) in [7, 11) is 0. The molecule has 1 aromatic rings. The Morgan fingerprint density at radius 1 is 1.47 bits per heavy atom. The summed E-state index contributed by atoms with van der Waals surface area (Å²) in [4.78, 5) is 11.9. The van der Waals surface area contributed by atoms with Crippen LogP contribution in [0, 0.1) is 11.2 Å². The van der Waals surface area contributed by atoms with Gasteiger partial charge in [-0.25, -0.2) is 4.39 Å². The van der Waals surface area contributed by atoms with Crippen LogP contribution in [0.3, 0.4) is 0 Å². The molecule has 0 aliphatic heterocycles. The highest BCUT2D eigenvalue weighted by atomic mass is 32.1. The van der Waals surface area contributed by atoms with Crippen LogP contribution in [0.2, 0.25) is 0 Å². The lowest BCUT2D eigenvalue weighted by atomic mass is 9.92. The van der Waals surface area contributed by atoms with Gasteiger partial charge in [0.25, 0.3) is 0 Å². The molecule has 0 spiro atoms. The van der Waals surface area contributed by atoms with Gasteiger partial charge in [-0.15, -0.1) is 0 Å². The normalized spacial score (nSPS) is 11.0. The van der Waals surface area contributed by atoms with E-state index in [9.17, 15) is 9.18 Å². The number of hydrogen-bond acceptors (Lipinski definition) is 2. The van der Waals surface area contributed by atoms with Crippen LogP contribution in [0.15, 0.2) is 24.3 Å². The lowest BCUT2D eigenvalue weighted by Gasteiger charge is -2.21. The van der Waals surface area contributed by atoms with Crippen molar-refractivity contribution in [2.45, 2.75) is 20.4 Å². The van der Waals surface area contributed by atoms with Crippen molar-refractivity contribution in [3.05, 3.63) is 35.6 Å². The van der Waals surface area contributed by atoms with E-state index in [0.29, 0.717) is 5.56 Å². The fraction of sp³-hybridized carbons (Fsp3) is 0.333. The Balaban J connectivity index is 2.67. The molecule has 5 heteroatoms. The van der Waals surface area contributed by atoms with Crippen LogP contribution in [0.4, 0.5) is 4.39 Å². The summed E-state index contributed by atoms with van der Waals surface area (Å²) in [5.41, 5.74) is 4.97. The Morgan fingerprint density at radius 3 is 2.59 bits per heavy atom. The number of hydrogen-bond donors (Lipinski definition) is 2. The summed E-state index contributed by atoms with van der Waals surface area (Å²) < 4.78 is 13.3. The number of carbonyl (C=O) groups excluding carboxylic acids is 1. The number of carbonyl (C=O) groups is 1. The first-order valence-corrected chi connectivity index (χ1v) is 5.58. The van der Waals surface area contributed by atoms with Gasteiger partial charge in [-0.3, -0.25) is 4.79 Å². The molecule has 3 nitrogen and oxygen atoms in total. The van der Waals surface area contributed by atoms with Gasteiger partial charge in [-0.2, -0.15) is 0 Å². The molecule has 0 aromatic heterocycles. The average Bonchev–Trinajstić information content (AvgIpc) is 2.27. The summed E-state index contributed by atoms with van der Waals surface area (Å²) in [6, 6.07) is 6.27. The second-order valence-corrected chi connectivity index (χ2v) is 4.70. The lowest BCUT2D eigenvalue weighted by molar-refractivity contribution is -0.126. The quantitative estimate of drug-likeness (QED) is 0.805. The minimum Gasteiger partial charge on any atom is -0.392 e. The third kappa shape index (κ3) is 3.23. The first-order chi connectivity index (χ1) is 7.85. The van der Waals surface area contributed by atoms with Crippen molar-refractivity contribution < 1.29 is 9.18 Å². The molecule has 0 fully saturated rings. The van der Waals surface area contributed by atoms with Crippen LogP contribution in [0.1, 0.15) is 19.4 Å². The zero-order valence-corrected chi connectivity index (χ0v) is 10.6. The topological polar surface area (TPSA) is 55.1 Å². The average molecular weight is 254 g/mol. The molecule has 1 rings (SSSR count). The molecule has 0 aliphatic rings. The highest BCUT2D eigenvalue weighted by molar-refractivity contribution is 7.80. The molecule has 92 valence electrons. The predicted octanol–water partition coefficient (Wildman–Crippen LogP) is 1.75. The highest BCUT2D eigenvalue weighted by Crippen LogP contribution is 2.16. The van der Waals surface area contributed by atoms with Crippen molar-refractivity contribution in [3.8, 4) is 0 Å². The van der Waals surface area contributed by atoms with E-state index < -0.39 is 5.41 Å². The molecule has 1 aromatic carbocycles. The molecule has 17 heavy (non-hydrogen) atoms. The SMILES string of the molecule is CC(C)(C(=O)NCc1ccccc1F)C(N)=S. The van der Waals surface area contributed by atoms with E-state index >= 15 is 0 Å². The Morgan fingerprint density at radius 2 is 2.06 bits per heavy atom. The van der Waals surface area contributed by atoms with Crippen molar-refractivity contribution in [3.63, 3.8) is 0 Å². The molecule has 1 amide bonds. The van der Waals surface area contributed by atoms with Crippen molar-refractivity contribution in [2.24, 2.45) is 11.1 Å². The molecule has 0 radical (unpaired) electrons. The molecule has 0 saturated carbocycles. The summed E-state index contributed by atoms with van der Waals surface area (Å²) in [5.74, 6) is -0.658. The largest absolute Gasteiger partial charge is 0.392 e. The maximum absolute atomic E-state index is 13.3. The summed E-state index contributed by atoms with van der Waals surface area (Å²) in [6.45, 7) is 3.38. The lowest BCUT2D eigenvalue weighted by Crippen LogP contribution is -2.44. The van der Waals surface area contributed by atoms with Gasteiger partial charge in [0, 0.05) is 12.1 Å². The molecule has 0 unspecified atom stereocenters. The second-order valence-electron chi connectivity index (χ2n) is 4.26. The number of rotatable bonds is 4. The third-order valence-electron chi connectivity index (χ3n) is 2.58. The number of nitrogens with two attached hydrogens (primary N) is 1. The zero-order valence-electron chi connectivity index (χ0n) is 9.79. The van der Waals surface area contributed by atoms with Gasteiger partial charge in [0.1, 0.15) is 5.82 Å². The van der Waals surface area contributed by atoms with Gasteiger partial charge in [0.15, 0.2) is 0 Å². The van der Waals surface area contributed by atoms with Crippen LogP contribution < -0.4 is 11.1 Å². The second kappa shape index (κ2) is 5.23. The van der Waals surface area contributed by atoms with Crippen LogP contribution in [0.5, 0.6) is 0 Å². The predicted molar refractivity (Wildman–Crippen MR) is 68.8 cm³/mol. The monoisotopic (exact) mass is 254 g/mol. The highest BCUT2D eigenvalue weighted by Gasteiger charge is 2.30. The van der Waals surface area contributed by atoms with Gasteiger partial charge in [0.2, 0.25) is 5.91 Å². The number of nitrogens with one attached hydrogen (secondary N) is 1. The van der Waals surface area contributed by atoms with E-state index in [1.54, 1.807) is 32.0 Å². The number of halogens is 1. The maximum atomic E-state index is 13.3. The van der Waals surface area contributed by atoms with E-state index in [2.05, 4.69) is 5.32 Å². The van der Waals surface area contributed by atoms with Crippen molar-refractivity contribution >= 4 is 23.1 Å². The van der Waals surface area contributed by atoms with E-state index in [1.807, 2.05) is 0 Å². The molecule has 0 saturated heterocycles. The van der Waals surface area contributed by atoms with Gasteiger partial charge in [-0.1, -0.05) is 30.4 Å². The van der Waals surface area contributed by atoms with Gasteiger partial charge >= 0.3 is 0 Å². The van der Waals surface area contributed by atoms with Crippen LogP contribution in [0.25, 0.3) is 0 Å². The number of benzene rings is 1. The minimum atomic E-state index is -0.930. The van der Waals surface area contributed by atoms with Crippen LogP contribution in [-0.2, 0) is 11.3 Å². The van der Waals surface area contributed by atoms with Crippen LogP contribution >= 0.6 is 12.2 Å². The van der Waals surface area contributed by atoms with Gasteiger partial charge < -0.3 is 11.1 Å². The first kappa shape index (κ1) is 13.6. The van der Waals surface area contributed by atoms with Gasteiger partial charge in [0.05, 0.1) is 10.4 Å².